The first kappa shape index (κ1) is 17.5. The van der Waals surface area contributed by atoms with E-state index in [-0.39, 0.29) is 5.91 Å². The van der Waals surface area contributed by atoms with Gasteiger partial charge in [-0.3, -0.25) is 14.6 Å². The number of benzene rings is 2. The maximum atomic E-state index is 12.2. The molecule has 1 saturated heterocycles. The van der Waals surface area contributed by atoms with Crippen LogP contribution in [0.1, 0.15) is 21.6 Å². The Hall–Kier alpha value is -2.63. The zero-order valence-electron chi connectivity index (χ0n) is 16.0. The summed E-state index contributed by atoms with van der Waals surface area (Å²) in [4.78, 5) is 20.9. The molecule has 2 aromatic carbocycles. The third-order valence-corrected chi connectivity index (χ3v) is 6.14. The van der Waals surface area contributed by atoms with Crippen LogP contribution in [0.5, 0.6) is 0 Å². The molecule has 1 amide bonds. The molecule has 0 saturated carbocycles. The van der Waals surface area contributed by atoms with Gasteiger partial charge in [-0.25, -0.2) is 0 Å². The molecule has 3 aromatic rings. The molecule has 144 valence electrons. The number of nitrogens with zero attached hydrogens (tertiary/aromatic N) is 2. The minimum atomic E-state index is 0.0142. The SMILES string of the molecule is O=C(NCCN1CCN2Cc3[nH]c4ccccc4c3CC2C1)c1ccccc1. The second-order valence-electron chi connectivity index (χ2n) is 7.88. The second-order valence-corrected chi connectivity index (χ2v) is 7.88. The van der Waals surface area contributed by atoms with Crippen LogP contribution < -0.4 is 5.32 Å². The van der Waals surface area contributed by atoms with E-state index in [9.17, 15) is 4.79 Å². The third-order valence-electron chi connectivity index (χ3n) is 6.14. The van der Waals surface area contributed by atoms with E-state index in [1.807, 2.05) is 30.3 Å². The largest absolute Gasteiger partial charge is 0.357 e. The van der Waals surface area contributed by atoms with Crippen LogP contribution in [-0.2, 0) is 13.0 Å². The number of para-hydroxylation sites is 1. The Kier molecular flexibility index (Phi) is 4.63. The van der Waals surface area contributed by atoms with E-state index < -0.39 is 0 Å². The van der Waals surface area contributed by atoms with Crippen molar-refractivity contribution in [1.29, 1.82) is 0 Å². The van der Waals surface area contributed by atoms with Crippen LogP contribution in [0.25, 0.3) is 10.9 Å². The molecule has 5 rings (SSSR count). The van der Waals surface area contributed by atoms with E-state index in [1.165, 1.54) is 22.2 Å². The molecule has 0 aliphatic carbocycles. The molecule has 28 heavy (non-hydrogen) atoms. The molecule has 2 aliphatic heterocycles. The van der Waals surface area contributed by atoms with Gasteiger partial charge in [0, 0.05) is 67.5 Å². The molecule has 1 atom stereocenters. The van der Waals surface area contributed by atoms with E-state index in [2.05, 4.69) is 44.4 Å². The van der Waals surface area contributed by atoms with Crippen molar-refractivity contribution in [3.8, 4) is 0 Å². The number of aromatic nitrogens is 1. The molecular weight excluding hydrogens is 348 g/mol. The van der Waals surface area contributed by atoms with Crippen LogP contribution in [-0.4, -0.2) is 59.5 Å². The second kappa shape index (κ2) is 7.41. The topological polar surface area (TPSA) is 51.4 Å². The standard InChI is InChI=1S/C23H26N4O/c28-23(17-6-2-1-3-7-17)24-10-11-26-12-13-27-16-22-20(14-18(27)15-26)19-8-4-5-9-21(19)25-22/h1-9,18,25H,10-16H2,(H,24,28). The van der Waals surface area contributed by atoms with Gasteiger partial charge in [-0.05, 0) is 30.2 Å². The lowest BCUT2D eigenvalue weighted by Gasteiger charge is -2.44. The van der Waals surface area contributed by atoms with Gasteiger partial charge in [0.1, 0.15) is 0 Å². The van der Waals surface area contributed by atoms with Gasteiger partial charge < -0.3 is 10.3 Å². The van der Waals surface area contributed by atoms with Crippen LogP contribution in [0.15, 0.2) is 54.6 Å². The third kappa shape index (κ3) is 3.32. The summed E-state index contributed by atoms with van der Waals surface area (Å²) in [6.07, 6.45) is 1.10. The van der Waals surface area contributed by atoms with Crippen molar-refractivity contribution in [1.82, 2.24) is 20.1 Å². The monoisotopic (exact) mass is 374 g/mol. The molecule has 5 heteroatoms. The number of amides is 1. The van der Waals surface area contributed by atoms with Crippen LogP contribution in [0.4, 0.5) is 0 Å². The van der Waals surface area contributed by atoms with E-state index in [4.69, 9.17) is 0 Å². The summed E-state index contributed by atoms with van der Waals surface area (Å²) in [5, 5.41) is 4.43. The Morgan fingerprint density at radius 1 is 1.07 bits per heavy atom. The van der Waals surface area contributed by atoms with Crippen molar-refractivity contribution in [3.05, 3.63) is 71.4 Å². The maximum Gasteiger partial charge on any atom is 0.251 e. The van der Waals surface area contributed by atoms with Crippen LogP contribution >= 0.6 is 0 Å². The lowest BCUT2D eigenvalue weighted by Crippen LogP contribution is -2.56. The number of rotatable bonds is 4. The Morgan fingerprint density at radius 2 is 1.89 bits per heavy atom. The summed E-state index contributed by atoms with van der Waals surface area (Å²) >= 11 is 0. The van der Waals surface area contributed by atoms with Crippen molar-refractivity contribution in [3.63, 3.8) is 0 Å². The highest BCUT2D eigenvalue weighted by Crippen LogP contribution is 2.31. The first-order chi connectivity index (χ1) is 13.8. The number of nitrogens with one attached hydrogen (secondary N) is 2. The van der Waals surface area contributed by atoms with E-state index in [0.717, 1.165) is 44.7 Å². The fraction of sp³-hybridized carbons (Fsp3) is 0.348. The van der Waals surface area contributed by atoms with Gasteiger partial charge in [0.25, 0.3) is 5.91 Å². The predicted molar refractivity (Wildman–Crippen MR) is 111 cm³/mol. The number of piperazine rings is 1. The molecule has 2 N–H and O–H groups in total. The summed E-state index contributed by atoms with van der Waals surface area (Å²) in [6.45, 7) is 5.84. The maximum absolute atomic E-state index is 12.2. The number of H-pyrrole nitrogens is 1. The summed E-state index contributed by atoms with van der Waals surface area (Å²) in [6, 6.07) is 18.6. The van der Waals surface area contributed by atoms with E-state index in [0.29, 0.717) is 12.6 Å². The Labute approximate surface area is 165 Å². The van der Waals surface area contributed by atoms with E-state index >= 15 is 0 Å². The zero-order valence-corrected chi connectivity index (χ0v) is 16.0. The van der Waals surface area contributed by atoms with Crippen molar-refractivity contribution in [2.45, 2.75) is 19.0 Å². The zero-order chi connectivity index (χ0) is 18.9. The molecule has 2 aliphatic rings. The minimum absolute atomic E-state index is 0.0142. The number of carbonyl (C=O) groups excluding carboxylic acids is 1. The van der Waals surface area contributed by atoms with Crippen molar-refractivity contribution in [2.24, 2.45) is 0 Å². The lowest BCUT2D eigenvalue weighted by atomic mass is 9.95. The lowest BCUT2D eigenvalue weighted by molar-refractivity contribution is 0.0600. The summed E-state index contributed by atoms with van der Waals surface area (Å²) in [5.74, 6) is 0.0142. The molecule has 1 unspecified atom stereocenters. The van der Waals surface area contributed by atoms with Crippen molar-refractivity contribution in [2.75, 3.05) is 32.7 Å². The number of carbonyl (C=O) groups is 1. The van der Waals surface area contributed by atoms with Gasteiger partial charge in [0.05, 0.1) is 0 Å². The number of fused-ring (bicyclic) bond motifs is 4. The number of aromatic amines is 1. The van der Waals surface area contributed by atoms with Gasteiger partial charge in [0.2, 0.25) is 0 Å². The molecule has 1 aromatic heterocycles. The summed E-state index contributed by atoms with van der Waals surface area (Å²) < 4.78 is 0. The van der Waals surface area contributed by atoms with Crippen molar-refractivity contribution >= 4 is 16.8 Å². The molecular formula is C23H26N4O. The highest BCUT2D eigenvalue weighted by atomic mass is 16.1. The number of hydrogen-bond acceptors (Lipinski definition) is 3. The fourth-order valence-electron chi connectivity index (χ4n) is 4.64. The normalized spacial score (nSPS) is 19.9. The van der Waals surface area contributed by atoms with Gasteiger partial charge in [0.15, 0.2) is 0 Å². The smallest absolute Gasteiger partial charge is 0.251 e. The average Bonchev–Trinajstić information content (AvgIpc) is 3.10. The first-order valence-corrected chi connectivity index (χ1v) is 10.2. The fourth-order valence-corrected chi connectivity index (χ4v) is 4.64. The molecule has 5 nitrogen and oxygen atoms in total. The van der Waals surface area contributed by atoms with Crippen molar-refractivity contribution < 1.29 is 4.79 Å². The predicted octanol–water partition coefficient (Wildman–Crippen LogP) is 2.64. The van der Waals surface area contributed by atoms with Crippen LogP contribution in [0.3, 0.4) is 0 Å². The molecule has 0 bridgehead atoms. The Morgan fingerprint density at radius 3 is 2.79 bits per heavy atom. The van der Waals surface area contributed by atoms with E-state index in [1.54, 1.807) is 0 Å². The minimum Gasteiger partial charge on any atom is -0.357 e. The molecule has 0 radical (unpaired) electrons. The molecule has 3 heterocycles. The molecule has 0 spiro atoms. The Balaban J connectivity index is 1.19. The Bertz CT molecular complexity index is 981. The van der Waals surface area contributed by atoms with Gasteiger partial charge >= 0.3 is 0 Å². The quantitative estimate of drug-likeness (QED) is 0.738. The highest BCUT2D eigenvalue weighted by molar-refractivity contribution is 5.94. The molecule has 1 fully saturated rings. The van der Waals surface area contributed by atoms with Crippen LogP contribution in [0, 0.1) is 0 Å². The highest BCUT2D eigenvalue weighted by Gasteiger charge is 2.32. The van der Waals surface area contributed by atoms with Gasteiger partial charge in [-0.1, -0.05) is 36.4 Å². The van der Waals surface area contributed by atoms with Gasteiger partial charge in [-0.15, -0.1) is 0 Å². The van der Waals surface area contributed by atoms with Gasteiger partial charge in [-0.2, -0.15) is 0 Å². The first-order valence-electron chi connectivity index (χ1n) is 10.2. The summed E-state index contributed by atoms with van der Waals surface area (Å²) in [7, 11) is 0. The van der Waals surface area contributed by atoms with Crippen LogP contribution in [0.2, 0.25) is 0 Å². The number of hydrogen-bond donors (Lipinski definition) is 2. The average molecular weight is 374 g/mol. The summed E-state index contributed by atoms with van der Waals surface area (Å²) in [5.41, 5.74) is 4.87.